The summed E-state index contributed by atoms with van der Waals surface area (Å²) in [6, 6.07) is 5.35. The van der Waals surface area contributed by atoms with Gasteiger partial charge < -0.3 is 20.2 Å². The molecule has 0 spiro atoms. The first kappa shape index (κ1) is 22.6. The van der Waals surface area contributed by atoms with Gasteiger partial charge in [0, 0.05) is 6.42 Å². The Morgan fingerprint density at radius 1 is 1.23 bits per heavy atom. The maximum atomic E-state index is 12.3. The number of carbonyl (C=O) groups excluding carboxylic acids is 1. The van der Waals surface area contributed by atoms with Crippen molar-refractivity contribution in [2.75, 3.05) is 0 Å². The number of amides is 1. The Morgan fingerprint density at radius 2 is 1.88 bits per heavy atom. The maximum absolute atomic E-state index is 12.3. The van der Waals surface area contributed by atoms with E-state index in [4.69, 9.17) is 4.52 Å². The van der Waals surface area contributed by atoms with Crippen LogP contribution in [0.2, 0.25) is 0 Å². The molecule has 7 nitrogen and oxygen atoms in total. The summed E-state index contributed by atoms with van der Waals surface area (Å²) >= 11 is 0. The molecule has 1 atom stereocenters. The zero-order valence-corrected chi connectivity index (χ0v) is 16.5. The van der Waals surface area contributed by atoms with E-state index in [2.05, 4.69) is 12.2 Å². The van der Waals surface area contributed by atoms with Crippen molar-refractivity contribution in [3.63, 3.8) is 0 Å². The Balaban J connectivity index is 2.88. The van der Waals surface area contributed by atoms with Crippen LogP contribution in [0.5, 0.6) is 5.75 Å². The number of benzene rings is 1. The Bertz CT molecular complexity index is 628. The van der Waals surface area contributed by atoms with Gasteiger partial charge in [-0.05, 0) is 38.0 Å². The number of rotatable bonds is 11. The minimum absolute atomic E-state index is 0.00621. The molecule has 26 heavy (non-hydrogen) atoms. The smallest absolute Gasteiger partial charge is 0.470 e. The van der Waals surface area contributed by atoms with E-state index < -0.39 is 19.5 Å². The van der Waals surface area contributed by atoms with Crippen LogP contribution in [0, 0.1) is 0 Å². The molecule has 0 aromatic heterocycles. The Hall–Kier alpha value is -1.40. The van der Waals surface area contributed by atoms with Crippen LogP contribution in [-0.4, -0.2) is 26.4 Å². The second kappa shape index (κ2) is 10.1. The van der Waals surface area contributed by atoms with Crippen molar-refractivity contribution in [1.29, 1.82) is 0 Å². The first-order valence-corrected chi connectivity index (χ1v) is 10.4. The lowest BCUT2D eigenvalue weighted by Crippen LogP contribution is -2.43. The molecule has 0 bridgehead atoms. The van der Waals surface area contributed by atoms with E-state index in [1.165, 1.54) is 26.0 Å². The summed E-state index contributed by atoms with van der Waals surface area (Å²) in [6.45, 7) is 5.10. The van der Waals surface area contributed by atoms with Crippen LogP contribution in [-0.2, 0) is 13.9 Å². The summed E-state index contributed by atoms with van der Waals surface area (Å²) in [5.74, 6) is -0.231. The lowest BCUT2D eigenvalue weighted by molar-refractivity contribution is -0.123. The fourth-order valence-electron chi connectivity index (χ4n) is 2.84. The van der Waals surface area contributed by atoms with Crippen molar-refractivity contribution in [2.45, 2.75) is 70.9 Å². The molecule has 4 N–H and O–H groups in total. The first-order valence-electron chi connectivity index (χ1n) is 8.90. The van der Waals surface area contributed by atoms with Crippen LogP contribution in [0.4, 0.5) is 0 Å². The molecule has 148 valence electrons. The van der Waals surface area contributed by atoms with E-state index >= 15 is 0 Å². The molecule has 0 aliphatic carbocycles. The predicted molar refractivity (Wildman–Crippen MR) is 99.6 cm³/mol. The van der Waals surface area contributed by atoms with Crippen LogP contribution in [0.15, 0.2) is 24.3 Å². The Morgan fingerprint density at radius 3 is 2.46 bits per heavy atom. The van der Waals surface area contributed by atoms with Gasteiger partial charge in [-0.15, -0.1) is 0 Å². The average Bonchev–Trinajstić information content (AvgIpc) is 2.50. The average molecular weight is 387 g/mol. The summed E-state index contributed by atoms with van der Waals surface area (Å²) in [7, 11) is -4.76. The van der Waals surface area contributed by atoms with Gasteiger partial charge in [0.1, 0.15) is 5.75 Å². The highest BCUT2D eigenvalue weighted by atomic mass is 31.2. The van der Waals surface area contributed by atoms with Gasteiger partial charge in [-0.2, -0.15) is 0 Å². The molecule has 0 saturated carbocycles. The minimum atomic E-state index is -4.76. The highest BCUT2D eigenvalue weighted by Crippen LogP contribution is 2.45. The van der Waals surface area contributed by atoms with Crippen molar-refractivity contribution >= 4 is 13.7 Å². The van der Waals surface area contributed by atoms with Crippen LogP contribution in [0.25, 0.3) is 0 Å². The second-order valence-electron chi connectivity index (χ2n) is 6.95. The van der Waals surface area contributed by atoms with E-state index in [1.54, 1.807) is 12.1 Å². The van der Waals surface area contributed by atoms with Crippen LogP contribution >= 0.6 is 7.82 Å². The number of hydrogen-bond acceptors (Lipinski definition) is 4. The third-order valence-electron chi connectivity index (χ3n) is 4.07. The number of carbonyl (C=O) groups is 1. The molecule has 0 aliphatic heterocycles. The lowest BCUT2D eigenvalue weighted by Gasteiger charge is -2.35. The number of hydrogen-bond donors (Lipinski definition) is 4. The van der Waals surface area contributed by atoms with Gasteiger partial charge in [0.2, 0.25) is 5.91 Å². The summed E-state index contributed by atoms with van der Waals surface area (Å²) in [5.41, 5.74) is -0.882. The number of phosphoric acid groups is 1. The van der Waals surface area contributed by atoms with Crippen molar-refractivity contribution in [2.24, 2.45) is 0 Å². The SMILES string of the molecule is CCCCCCCC(=O)N[C@@H](c1cccc(O)c1)C(C)(C)OP(=O)(O)O. The van der Waals surface area contributed by atoms with Crippen molar-refractivity contribution in [3.8, 4) is 5.75 Å². The van der Waals surface area contributed by atoms with Crippen LogP contribution < -0.4 is 5.32 Å². The maximum Gasteiger partial charge on any atom is 0.470 e. The van der Waals surface area contributed by atoms with E-state index in [0.29, 0.717) is 12.0 Å². The van der Waals surface area contributed by atoms with Crippen LogP contribution in [0.3, 0.4) is 0 Å². The zero-order valence-electron chi connectivity index (χ0n) is 15.6. The molecule has 1 rings (SSSR count). The number of nitrogens with one attached hydrogen (secondary N) is 1. The number of phenolic OH excluding ortho intramolecular Hbond substituents is 1. The van der Waals surface area contributed by atoms with Gasteiger partial charge in [-0.3, -0.25) is 9.32 Å². The number of unbranched alkanes of at least 4 members (excludes halogenated alkanes) is 4. The molecular formula is C18H30NO6P. The quantitative estimate of drug-likeness (QED) is 0.339. The molecule has 8 heteroatoms. The number of aromatic hydroxyl groups is 1. The second-order valence-corrected chi connectivity index (χ2v) is 8.11. The molecule has 1 aromatic rings. The Kier molecular flexibility index (Phi) is 8.77. The molecule has 0 fully saturated rings. The molecular weight excluding hydrogens is 357 g/mol. The molecule has 1 aromatic carbocycles. The number of phenols is 1. The molecule has 0 unspecified atom stereocenters. The van der Waals surface area contributed by atoms with Gasteiger partial charge in [0.25, 0.3) is 0 Å². The van der Waals surface area contributed by atoms with Crippen molar-refractivity contribution in [1.82, 2.24) is 5.32 Å². The van der Waals surface area contributed by atoms with Gasteiger partial charge in [0.15, 0.2) is 0 Å². The minimum Gasteiger partial charge on any atom is -0.508 e. The standard InChI is InChI=1S/C18H30NO6P/c1-4-5-6-7-8-12-16(21)19-17(14-10-9-11-15(20)13-14)18(2,3)25-26(22,23)24/h9-11,13,17,20H,4-8,12H2,1-3H3,(H,19,21)(H2,22,23,24)/t17-/m0/s1. The summed E-state index contributed by atoms with van der Waals surface area (Å²) in [4.78, 5) is 30.7. The fraction of sp³-hybridized carbons (Fsp3) is 0.611. The van der Waals surface area contributed by atoms with E-state index in [9.17, 15) is 24.3 Å². The highest BCUT2D eigenvalue weighted by molar-refractivity contribution is 7.46. The summed E-state index contributed by atoms with van der Waals surface area (Å²) in [5, 5.41) is 12.5. The molecule has 1 amide bonds. The lowest BCUT2D eigenvalue weighted by atomic mass is 9.91. The third-order valence-corrected chi connectivity index (χ3v) is 4.77. The summed E-state index contributed by atoms with van der Waals surface area (Å²) < 4.78 is 16.2. The van der Waals surface area contributed by atoms with Crippen molar-refractivity contribution < 1.29 is 28.8 Å². The predicted octanol–water partition coefficient (Wildman–Crippen LogP) is 3.80. The van der Waals surface area contributed by atoms with Gasteiger partial charge in [-0.25, -0.2) is 4.57 Å². The van der Waals surface area contributed by atoms with Gasteiger partial charge in [-0.1, -0.05) is 44.7 Å². The molecule has 0 aliphatic rings. The normalized spacial score (nSPS) is 13.4. The first-order chi connectivity index (χ1) is 12.0. The van der Waals surface area contributed by atoms with Gasteiger partial charge >= 0.3 is 7.82 Å². The highest BCUT2D eigenvalue weighted by Gasteiger charge is 2.38. The van der Waals surface area contributed by atoms with Gasteiger partial charge in [0.05, 0.1) is 11.6 Å². The van der Waals surface area contributed by atoms with E-state index in [0.717, 1.165) is 32.1 Å². The number of phosphoric ester groups is 1. The zero-order chi connectivity index (χ0) is 19.8. The van der Waals surface area contributed by atoms with E-state index in [1.807, 2.05) is 0 Å². The van der Waals surface area contributed by atoms with E-state index in [-0.39, 0.29) is 11.7 Å². The largest absolute Gasteiger partial charge is 0.508 e. The molecule has 0 saturated heterocycles. The summed E-state index contributed by atoms with van der Waals surface area (Å²) in [6.07, 6.45) is 5.37. The fourth-order valence-corrected chi connectivity index (χ4v) is 3.56. The Labute approximate surface area is 155 Å². The molecule has 0 radical (unpaired) electrons. The third kappa shape index (κ3) is 8.32. The topological polar surface area (TPSA) is 116 Å². The monoisotopic (exact) mass is 387 g/mol. The van der Waals surface area contributed by atoms with Crippen molar-refractivity contribution in [3.05, 3.63) is 29.8 Å². The molecule has 0 heterocycles. The van der Waals surface area contributed by atoms with Crippen LogP contribution in [0.1, 0.15) is 70.9 Å².